The molecule has 100 valence electrons. The van der Waals surface area contributed by atoms with Crippen LogP contribution in [0, 0.1) is 9.48 Å². The molecule has 0 radical (unpaired) electrons. The summed E-state index contributed by atoms with van der Waals surface area (Å²) < 4.78 is 13.3. The molecule has 0 bridgehead atoms. The van der Waals surface area contributed by atoms with Gasteiger partial charge in [-0.05, 0) is 36.5 Å². The third-order valence-electron chi connectivity index (χ3n) is 3.02. The van der Waals surface area contributed by atoms with Gasteiger partial charge < -0.3 is 9.15 Å². The zero-order valence-electron chi connectivity index (χ0n) is 10.7. The summed E-state index contributed by atoms with van der Waals surface area (Å²) in [6.45, 7) is 0. The van der Waals surface area contributed by atoms with Gasteiger partial charge in [-0.15, -0.1) is 0 Å². The van der Waals surface area contributed by atoms with E-state index in [1.165, 1.54) is 0 Å². The molecular weight excluding hydrogens is 290 g/mol. The second-order valence-corrected chi connectivity index (χ2v) is 4.94. The van der Waals surface area contributed by atoms with Gasteiger partial charge in [0.15, 0.2) is 0 Å². The topological polar surface area (TPSA) is 27.3 Å². The highest BCUT2D eigenvalue weighted by Crippen LogP contribution is 2.24. The van der Waals surface area contributed by atoms with Gasteiger partial charge in [-0.2, -0.15) is 0 Å². The molecule has 0 saturated carbocycles. The SMILES string of the molecule is COc1ccc2c(=S)n(-c3ccccc3)c(=S)oc2c1. The zero-order valence-corrected chi connectivity index (χ0v) is 12.3. The minimum absolute atomic E-state index is 0.321. The highest BCUT2D eigenvalue weighted by Gasteiger charge is 2.07. The first kappa shape index (κ1) is 13.0. The molecule has 0 fully saturated rings. The summed E-state index contributed by atoms with van der Waals surface area (Å²) in [5.41, 5.74) is 1.52. The molecule has 0 aliphatic carbocycles. The van der Waals surface area contributed by atoms with Gasteiger partial charge in [0.25, 0.3) is 4.84 Å². The lowest BCUT2D eigenvalue weighted by molar-refractivity contribution is 0.414. The van der Waals surface area contributed by atoms with Crippen LogP contribution in [0.2, 0.25) is 0 Å². The Morgan fingerprint density at radius 1 is 1.05 bits per heavy atom. The molecule has 0 unspecified atom stereocenters. The van der Waals surface area contributed by atoms with Gasteiger partial charge in [-0.3, -0.25) is 4.57 Å². The van der Waals surface area contributed by atoms with Gasteiger partial charge in [0.1, 0.15) is 16.0 Å². The number of hydrogen-bond acceptors (Lipinski definition) is 4. The normalized spacial score (nSPS) is 10.7. The Kier molecular flexibility index (Phi) is 3.38. The Balaban J connectivity index is 2.36. The summed E-state index contributed by atoms with van der Waals surface area (Å²) in [5, 5.41) is 0.832. The van der Waals surface area contributed by atoms with Crippen LogP contribution in [0.3, 0.4) is 0 Å². The average Bonchev–Trinajstić information content (AvgIpc) is 2.47. The number of hydrogen-bond donors (Lipinski definition) is 0. The van der Waals surface area contributed by atoms with Crippen LogP contribution in [0.25, 0.3) is 16.7 Å². The summed E-state index contributed by atoms with van der Waals surface area (Å²) in [7, 11) is 1.61. The van der Waals surface area contributed by atoms with Crippen LogP contribution in [0.4, 0.5) is 0 Å². The van der Waals surface area contributed by atoms with E-state index >= 15 is 0 Å². The third kappa shape index (κ3) is 2.15. The van der Waals surface area contributed by atoms with Crippen molar-refractivity contribution in [1.82, 2.24) is 4.57 Å². The molecule has 0 aliphatic heterocycles. The number of nitrogens with zero attached hydrogens (tertiary/aromatic N) is 1. The van der Waals surface area contributed by atoms with Gasteiger partial charge in [0.2, 0.25) is 0 Å². The van der Waals surface area contributed by atoms with Crippen LogP contribution in [-0.2, 0) is 0 Å². The fourth-order valence-corrected chi connectivity index (χ4v) is 2.73. The van der Waals surface area contributed by atoms with E-state index < -0.39 is 0 Å². The molecule has 3 rings (SSSR count). The van der Waals surface area contributed by atoms with Gasteiger partial charge in [-0.1, -0.05) is 30.4 Å². The van der Waals surface area contributed by atoms with Crippen molar-refractivity contribution < 1.29 is 9.15 Å². The molecule has 3 aromatic rings. The molecule has 1 heterocycles. The maximum absolute atomic E-state index is 5.70. The molecule has 0 saturated heterocycles. The molecule has 1 aromatic heterocycles. The molecule has 0 aliphatic rings. The van der Waals surface area contributed by atoms with Crippen LogP contribution in [0.5, 0.6) is 5.75 Å². The van der Waals surface area contributed by atoms with Gasteiger partial charge >= 0.3 is 0 Å². The zero-order chi connectivity index (χ0) is 14.1. The van der Waals surface area contributed by atoms with Crippen LogP contribution in [0.15, 0.2) is 52.9 Å². The van der Waals surface area contributed by atoms with Gasteiger partial charge in [0, 0.05) is 6.07 Å². The van der Waals surface area contributed by atoms with E-state index in [9.17, 15) is 0 Å². The van der Waals surface area contributed by atoms with Gasteiger partial charge in [0.05, 0.1) is 18.2 Å². The fourth-order valence-electron chi connectivity index (χ4n) is 2.03. The van der Waals surface area contributed by atoms with E-state index in [2.05, 4.69) is 0 Å². The van der Waals surface area contributed by atoms with Crippen molar-refractivity contribution in [1.29, 1.82) is 0 Å². The smallest absolute Gasteiger partial charge is 0.274 e. The number of methoxy groups -OCH3 is 1. The maximum Gasteiger partial charge on any atom is 0.274 e. The van der Waals surface area contributed by atoms with Crippen LogP contribution < -0.4 is 4.74 Å². The summed E-state index contributed by atoms with van der Waals surface area (Å²) in [6.07, 6.45) is 0. The lowest BCUT2D eigenvalue weighted by atomic mass is 10.2. The first-order chi connectivity index (χ1) is 9.70. The highest BCUT2D eigenvalue weighted by molar-refractivity contribution is 7.72. The molecule has 5 heteroatoms. The first-order valence-electron chi connectivity index (χ1n) is 6.00. The molecule has 0 amide bonds. The quantitative estimate of drug-likeness (QED) is 0.642. The number of ether oxygens (including phenoxy) is 1. The van der Waals surface area contributed by atoms with Gasteiger partial charge in [-0.25, -0.2) is 0 Å². The van der Waals surface area contributed by atoms with Crippen molar-refractivity contribution in [2.24, 2.45) is 0 Å². The predicted molar refractivity (Wildman–Crippen MR) is 83.8 cm³/mol. The lowest BCUT2D eigenvalue weighted by Gasteiger charge is -2.09. The number of para-hydroxylation sites is 1. The Morgan fingerprint density at radius 2 is 1.80 bits per heavy atom. The van der Waals surface area contributed by atoms with Crippen molar-refractivity contribution in [3.8, 4) is 11.4 Å². The van der Waals surface area contributed by atoms with E-state index in [1.807, 2.05) is 42.5 Å². The third-order valence-corrected chi connectivity index (χ3v) is 3.68. The molecular formula is C15H11NO2S2. The number of aromatic nitrogens is 1. The Morgan fingerprint density at radius 3 is 2.50 bits per heavy atom. The Hall–Kier alpha value is -1.98. The minimum atomic E-state index is 0.321. The number of fused-ring (bicyclic) bond motifs is 1. The standard InChI is InChI=1S/C15H11NO2S2/c1-17-11-7-8-12-13(9-11)18-15(20)16(14(12)19)10-5-3-2-4-6-10/h2-9H,1H3. The molecule has 0 N–H and O–H groups in total. The predicted octanol–water partition coefficient (Wildman–Crippen LogP) is 4.69. The van der Waals surface area contributed by atoms with Crippen molar-refractivity contribution in [3.63, 3.8) is 0 Å². The van der Waals surface area contributed by atoms with Crippen molar-refractivity contribution in [2.45, 2.75) is 0 Å². The van der Waals surface area contributed by atoms with E-state index in [1.54, 1.807) is 17.7 Å². The van der Waals surface area contributed by atoms with Crippen LogP contribution in [0.1, 0.15) is 0 Å². The summed E-state index contributed by atoms with van der Waals surface area (Å²) >= 11 is 10.9. The number of rotatable bonds is 2. The summed E-state index contributed by atoms with van der Waals surface area (Å²) in [5.74, 6) is 0.711. The Labute approximate surface area is 126 Å². The minimum Gasteiger partial charge on any atom is -0.497 e. The first-order valence-corrected chi connectivity index (χ1v) is 6.81. The fraction of sp³-hybridized carbons (Fsp3) is 0.0667. The Bertz CT molecular complexity index is 882. The van der Waals surface area contributed by atoms with Crippen LogP contribution in [-0.4, -0.2) is 11.7 Å². The lowest BCUT2D eigenvalue weighted by Crippen LogP contribution is -1.99. The highest BCUT2D eigenvalue weighted by atomic mass is 32.1. The van der Waals surface area contributed by atoms with E-state index in [-0.39, 0.29) is 0 Å². The second-order valence-electron chi connectivity index (χ2n) is 4.21. The van der Waals surface area contributed by atoms with Crippen molar-refractivity contribution in [3.05, 3.63) is 58.0 Å². The monoisotopic (exact) mass is 301 g/mol. The molecule has 20 heavy (non-hydrogen) atoms. The number of benzene rings is 2. The molecule has 0 atom stereocenters. The largest absolute Gasteiger partial charge is 0.497 e. The maximum atomic E-state index is 5.70. The molecule has 3 nitrogen and oxygen atoms in total. The summed E-state index contributed by atoms with van der Waals surface area (Å²) in [6, 6.07) is 15.2. The molecule has 2 aromatic carbocycles. The molecule has 0 spiro atoms. The van der Waals surface area contributed by atoms with Crippen LogP contribution >= 0.6 is 24.4 Å². The summed E-state index contributed by atoms with van der Waals surface area (Å²) in [4.78, 5) is 0.321. The second kappa shape index (κ2) is 5.19. The van der Waals surface area contributed by atoms with E-state index in [0.29, 0.717) is 20.8 Å². The van der Waals surface area contributed by atoms with Crippen molar-refractivity contribution >= 4 is 35.4 Å². The average molecular weight is 301 g/mol. The van der Waals surface area contributed by atoms with E-state index in [0.717, 1.165) is 11.1 Å². The van der Waals surface area contributed by atoms with Crippen molar-refractivity contribution in [2.75, 3.05) is 7.11 Å². The van der Waals surface area contributed by atoms with E-state index in [4.69, 9.17) is 33.6 Å².